The Morgan fingerprint density at radius 1 is 1.23 bits per heavy atom. The number of methoxy groups -OCH3 is 1. The SMILES string of the molecule is COc1ccccc1CNC1=NCCNC12CCCCC2.Cl. The second-order valence-corrected chi connectivity index (χ2v) is 5.97. The molecule has 1 aliphatic carbocycles. The van der Waals surface area contributed by atoms with Gasteiger partial charge in [0.25, 0.3) is 0 Å². The summed E-state index contributed by atoms with van der Waals surface area (Å²) < 4.78 is 5.43. The van der Waals surface area contributed by atoms with E-state index in [-0.39, 0.29) is 17.9 Å². The Kier molecular flexibility index (Phi) is 6.09. The Bertz CT molecular complexity index is 512. The third kappa shape index (κ3) is 3.55. The number of benzene rings is 1. The average Bonchev–Trinajstić information content (AvgIpc) is 2.55. The largest absolute Gasteiger partial charge is 0.496 e. The summed E-state index contributed by atoms with van der Waals surface area (Å²) in [6, 6.07) is 8.17. The van der Waals surface area contributed by atoms with Crippen LogP contribution in [0.4, 0.5) is 0 Å². The van der Waals surface area contributed by atoms with E-state index in [0.717, 1.165) is 31.2 Å². The fraction of sp³-hybridized carbons (Fsp3) is 0.588. The van der Waals surface area contributed by atoms with Crippen LogP contribution in [0.25, 0.3) is 0 Å². The minimum atomic E-state index is 0. The van der Waals surface area contributed by atoms with Gasteiger partial charge in [0.2, 0.25) is 0 Å². The lowest BCUT2D eigenvalue weighted by molar-refractivity contribution is 0.298. The molecule has 2 N–H and O–H groups in total. The minimum Gasteiger partial charge on any atom is -0.496 e. The molecule has 5 heteroatoms. The van der Waals surface area contributed by atoms with E-state index in [4.69, 9.17) is 9.73 Å². The van der Waals surface area contributed by atoms with Crippen LogP contribution in [0.3, 0.4) is 0 Å². The molecule has 1 fully saturated rings. The molecule has 0 aromatic heterocycles. The zero-order valence-electron chi connectivity index (χ0n) is 13.2. The number of hydrogen-bond acceptors (Lipinski definition) is 4. The smallest absolute Gasteiger partial charge is 0.123 e. The highest BCUT2D eigenvalue weighted by Crippen LogP contribution is 2.30. The lowest BCUT2D eigenvalue weighted by atomic mass is 9.79. The van der Waals surface area contributed by atoms with E-state index in [0.29, 0.717) is 0 Å². The monoisotopic (exact) mass is 323 g/mol. The maximum Gasteiger partial charge on any atom is 0.123 e. The Morgan fingerprint density at radius 2 is 2.00 bits per heavy atom. The fourth-order valence-electron chi connectivity index (χ4n) is 3.52. The van der Waals surface area contributed by atoms with Crippen molar-refractivity contribution >= 4 is 18.2 Å². The standard InChI is InChI=1S/C17H25N3O.ClH/c1-21-15-8-4-3-7-14(15)13-19-16-17(20-12-11-18-16)9-5-2-6-10-17;/h3-4,7-8,20H,2,5-6,9-13H2,1H3,(H,18,19);1H. The van der Waals surface area contributed by atoms with Crippen LogP contribution in [0, 0.1) is 0 Å². The molecule has 2 aliphatic rings. The molecular formula is C17H26ClN3O. The topological polar surface area (TPSA) is 45.6 Å². The summed E-state index contributed by atoms with van der Waals surface area (Å²) in [5.74, 6) is 2.09. The lowest BCUT2D eigenvalue weighted by Crippen LogP contribution is -2.60. The Hall–Kier alpha value is -1.26. The van der Waals surface area contributed by atoms with Gasteiger partial charge >= 0.3 is 0 Å². The number of para-hydroxylation sites is 1. The van der Waals surface area contributed by atoms with E-state index in [1.807, 2.05) is 12.1 Å². The summed E-state index contributed by atoms with van der Waals surface area (Å²) in [6.07, 6.45) is 6.34. The average molecular weight is 324 g/mol. The molecule has 3 rings (SSSR count). The number of hydrogen-bond donors (Lipinski definition) is 2. The number of halogens is 1. The van der Waals surface area contributed by atoms with E-state index >= 15 is 0 Å². The van der Waals surface area contributed by atoms with Gasteiger partial charge in [-0.3, -0.25) is 4.99 Å². The van der Waals surface area contributed by atoms with Crippen molar-refractivity contribution in [1.82, 2.24) is 10.6 Å². The molecule has 0 unspecified atom stereocenters. The fourth-order valence-corrected chi connectivity index (χ4v) is 3.52. The Morgan fingerprint density at radius 3 is 2.77 bits per heavy atom. The van der Waals surface area contributed by atoms with Gasteiger partial charge in [-0.1, -0.05) is 37.5 Å². The number of aliphatic imine (C=N–C) groups is 1. The van der Waals surface area contributed by atoms with Crippen LogP contribution in [0.1, 0.15) is 37.7 Å². The van der Waals surface area contributed by atoms with E-state index in [1.54, 1.807) is 7.11 Å². The van der Waals surface area contributed by atoms with Crippen molar-refractivity contribution < 1.29 is 4.74 Å². The molecule has 22 heavy (non-hydrogen) atoms. The summed E-state index contributed by atoms with van der Waals surface area (Å²) in [6.45, 7) is 2.64. The van der Waals surface area contributed by atoms with Gasteiger partial charge in [0.15, 0.2) is 0 Å². The van der Waals surface area contributed by atoms with Crippen molar-refractivity contribution in [2.75, 3.05) is 20.2 Å². The molecule has 1 saturated carbocycles. The molecular weight excluding hydrogens is 298 g/mol. The summed E-state index contributed by atoms with van der Waals surface area (Å²) >= 11 is 0. The molecule has 1 heterocycles. The second-order valence-electron chi connectivity index (χ2n) is 5.97. The molecule has 0 atom stereocenters. The quantitative estimate of drug-likeness (QED) is 0.899. The highest BCUT2D eigenvalue weighted by atomic mass is 35.5. The van der Waals surface area contributed by atoms with Crippen LogP contribution in [-0.4, -0.2) is 31.6 Å². The number of ether oxygens (including phenoxy) is 1. The van der Waals surface area contributed by atoms with Crippen LogP contribution in [0.5, 0.6) is 5.75 Å². The number of nitrogens with zero attached hydrogens (tertiary/aromatic N) is 1. The van der Waals surface area contributed by atoms with Crippen molar-refractivity contribution in [3.63, 3.8) is 0 Å². The minimum absolute atomic E-state index is 0. The van der Waals surface area contributed by atoms with Crippen molar-refractivity contribution in [3.8, 4) is 5.75 Å². The van der Waals surface area contributed by atoms with E-state index < -0.39 is 0 Å². The number of nitrogens with one attached hydrogen (secondary N) is 2. The Balaban J connectivity index is 0.00000176. The van der Waals surface area contributed by atoms with Crippen molar-refractivity contribution in [2.24, 2.45) is 4.99 Å². The van der Waals surface area contributed by atoms with Gasteiger partial charge in [-0.05, 0) is 18.9 Å². The molecule has 122 valence electrons. The number of rotatable bonds is 3. The predicted molar refractivity (Wildman–Crippen MR) is 93.2 cm³/mol. The third-order valence-corrected chi connectivity index (χ3v) is 4.64. The first kappa shape index (κ1) is 17.1. The summed E-state index contributed by atoms with van der Waals surface area (Å²) in [7, 11) is 1.72. The zero-order chi connectivity index (χ0) is 14.5. The van der Waals surface area contributed by atoms with Gasteiger partial charge in [0.05, 0.1) is 19.2 Å². The number of amidine groups is 1. The Labute approximate surface area is 139 Å². The molecule has 1 aliphatic heterocycles. The second kappa shape index (κ2) is 7.84. The summed E-state index contributed by atoms with van der Waals surface area (Å²) in [4.78, 5) is 4.78. The molecule has 4 nitrogen and oxygen atoms in total. The maximum absolute atomic E-state index is 5.43. The van der Waals surface area contributed by atoms with Crippen LogP contribution in [-0.2, 0) is 6.54 Å². The van der Waals surface area contributed by atoms with Crippen LogP contribution < -0.4 is 15.4 Å². The van der Waals surface area contributed by atoms with E-state index in [2.05, 4.69) is 22.8 Å². The molecule has 0 bridgehead atoms. The van der Waals surface area contributed by atoms with Crippen LogP contribution >= 0.6 is 12.4 Å². The first-order chi connectivity index (χ1) is 10.3. The maximum atomic E-state index is 5.43. The van der Waals surface area contributed by atoms with Crippen molar-refractivity contribution in [3.05, 3.63) is 29.8 Å². The van der Waals surface area contributed by atoms with E-state index in [9.17, 15) is 0 Å². The molecule has 0 saturated heterocycles. The molecule has 0 radical (unpaired) electrons. The highest BCUT2D eigenvalue weighted by molar-refractivity contribution is 5.92. The summed E-state index contributed by atoms with van der Waals surface area (Å²) in [5, 5.41) is 7.31. The van der Waals surface area contributed by atoms with Gasteiger partial charge in [-0.15, -0.1) is 12.4 Å². The first-order valence-corrected chi connectivity index (χ1v) is 8.00. The first-order valence-electron chi connectivity index (χ1n) is 8.00. The van der Waals surface area contributed by atoms with Gasteiger partial charge in [-0.2, -0.15) is 0 Å². The summed E-state index contributed by atoms with van der Waals surface area (Å²) in [5.41, 5.74) is 1.28. The van der Waals surface area contributed by atoms with Crippen LogP contribution in [0.15, 0.2) is 29.3 Å². The normalized spacial score (nSPS) is 20.0. The van der Waals surface area contributed by atoms with Crippen LogP contribution in [0.2, 0.25) is 0 Å². The van der Waals surface area contributed by atoms with Gasteiger partial charge < -0.3 is 15.4 Å². The third-order valence-electron chi connectivity index (χ3n) is 4.64. The van der Waals surface area contributed by atoms with Crippen molar-refractivity contribution in [1.29, 1.82) is 0 Å². The van der Waals surface area contributed by atoms with Gasteiger partial charge in [-0.25, -0.2) is 0 Å². The molecule has 1 aromatic rings. The van der Waals surface area contributed by atoms with Gasteiger partial charge in [0.1, 0.15) is 11.6 Å². The lowest BCUT2D eigenvalue weighted by Gasteiger charge is -2.41. The highest BCUT2D eigenvalue weighted by Gasteiger charge is 2.38. The van der Waals surface area contributed by atoms with E-state index in [1.165, 1.54) is 37.7 Å². The molecule has 0 amide bonds. The molecule has 1 spiro atoms. The van der Waals surface area contributed by atoms with Gasteiger partial charge in [0, 0.05) is 18.7 Å². The zero-order valence-corrected chi connectivity index (χ0v) is 14.0. The van der Waals surface area contributed by atoms with Crippen molar-refractivity contribution in [2.45, 2.75) is 44.2 Å². The molecule has 1 aromatic carbocycles. The predicted octanol–water partition coefficient (Wildman–Crippen LogP) is 2.91.